The fourth-order valence-corrected chi connectivity index (χ4v) is 3.17. The maximum atomic E-state index is 5.54. The van der Waals surface area contributed by atoms with Gasteiger partial charge in [0.1, 0.15) is 5.76 Å². The fourth-order valence-electron chi connectivity index (χ4n) is 1.64. The number of furan rings is 1. The minimum atomic E-state index is 0.533. The van der Waals surface area contributed by atoms with Crippen molar-refractivity contribution in [3.63, 3.8) is 0 Å². The Bertz CT molecular complexity index is 480. The normalized spacial score (nSPS) is 11.3. The number of rotatable bonds is 5. The maximum Gasteiger partial charge on any atom is 0.118 e. The summed E-state index contributed by atoms with van der Waals surface area (Å²) < 4.78 is 6.59. The molecule has 0 spiro atoms. The second-order valence-corrected chi connectivity index (χ2v) is 5.94. The van der Waals surface area contributed by atoms with E-state index < -0.39 is 0 Å². The van der Waals surface area contributed by atoms with Crippen molar-refractivity contribution >= 4 is 27.3 Å². The molecule has 0 aliphatic heterocycles. The van der Waals surface area contributed by atoms with Crippen LogP contribution in [0.4, 0.5) is 0 Å². The molecule has 0 bridgehead atoms. The first-order valence-corrected chi connectivity index (χ1v) is 7.02. The summed E-state index contributed by atoms with van der Waals surface area (Å²) in [7, 11) is 2.08. The van der Waals surface area contributed by atoms with Crippen molar-refractivity contribution in [3.05, 3.63) is 44.4 Å². The molecule has 0 unspecified atom stereocenters. The summed E-state index contributed by atoms with van der Waals surface area (Å²) in [4.78, 5) is 3.56. The number of halogens is 1. The molecule has 2 rings (SSSR count). The maximum absolute atomic E-state index is 5.54. The molecule has 2 heterocycles. The molecular formula is C12H15BrN2OS. The van der Waals surface area contributed by atoms with Gasteiger partial charge in [-0.3, -0.25) is 4.90 Å². The molecule has 17 heavy (non-hydrogen) atoms. The largest absolute Gasteiger partial charge is 0.468 e. The molecule has 0 saturated carbocycles. The van der Waals surface area contributed by atoms with Crippen LogP contribution in [0.15, 0.2) is 32.7 Å². The van der Waals surface area contributed by atoms with E-state index in [1.54, 1.807) is 17.6 Å². The Morgan fingerprint density at radius 1 is 1.41 bits per heavy atom. The van der Waals surface area contributed by atoms with Crippen LogP contribution in [-0.2, 0) is 19.6 Å². The van der Waals surface area contributed by atoms with E-state index in [0.717, 1.165) is 28.9 Å². The Labute approximate surface area is 113 Å². The van der Waals surface area contributed by atoms with Crippen molar-refractivity contribution in [3.8, 4) is 0 Å². The molecular weight excluding hydrogens is 300 g/mol. The van der Waals surface area contributed by atoms with Crippen LogP contribution < -0.4 is 5.73 Å². The quantitative estimate of drug-likeness (QED) is 0.921. The number of hydrogen-bond acceptors (Lipinski definition) is 4. The highest BCUT2D eigenvalue weighted by Gasteiger charge is 2.07. The predicted octanol–water partition coefficient (Wildman–Crippen LogP) is 3.19. The first kappa shape index (κ1) is 12.8. The SMILES string of the molecule is CN(Cc1cc(CN)co1)Cc1cc(Br)cs1. The Hall–Kier alpha value is -0.620. The molecule has 0 aliphatic carbocycles. The summed E-state index contributed by atoms with van der Waals surface area (Å²) in [6.07, 6.45) is 1.73. The second kappa shape index (κ2) is 5.82. The van der Waals surface area contributed by atoms with Crippen LogP contribution in [0.1, 0.15) is 16.2 Å². The summed E-state index contributed by atoms with van der Waals surface area (Å²) >= 11 is 5.22. The summed E-state index contributed by atoms with van der Waals surface area (Å²) in [6, 6.07) is 4.16. The van der Waals surface area contributed by atoms with E-state index in [9.17, 15) is 0 Å². The number of hydrogen-bond donors (Lipinski definition) is 1. The zero-order valence-electron chi connectivity index (χ0n) is 9.65. The molecule has 0 radical (unpaired) electrons. The average molecular weight is 315 g/mol. The van der Waals surface area contributed by atoms with Gasteiger partial charge < -0.3 is 10.2 Å². The minimum Gasteiger partial charge on any atom is -0.468 e. The molecule has 0 fully saturated rings. The highest BCUT2D eigenvalue weighted by atomic mass is 79.9. The molecule has 0 aliphatic rings. The van der Waals surface area contributed by atoms with Gasteiger partial charge in [0.15, 0.2) is 0 Å². The van der Waals surface area contributed by atoms with Gasteiger partial charge in [-0.15, -0.1) is 11.3 Å². The molecule has 0 atom stereocenters. The van der Waals surface area contributed by atoms with Gasteiger partial charge >= 0.3 is 0 Å². The zero-order valence-corrected chi connectivity index (χ0v) is 12.1. The Kier molecular flexibility index (Phi) is 4.39. The Balaban J connectivity index is 1.90. The van der Waals surface area contributed by atoms with Gasteiger partial charge in [0.25, 0.3) is 0 Å². The third kappa shape index (κ3) is 3.67. The number of thiophene rings is 1. The van der Waals surface area contributed by atoms with Crippen LogP contribution in [0.3, 0.4) is 0 Å². The van der Waals surface area contributed by atoms with Gasteiger partial charge in [0, 0.05) is 33.4 Å². The monoisotopic (exact) mass is 314 g/mol. The third-order valence-electron chi connectivity index (χ3n) is 2.42. The summed E-state index contributed by atoms with van der Waals surface area (Å²) in [6.45, 7) is 2.26. The van der Waals surface area contributed by atoms with Crippen molar-refractivity contribution in [1.29, 1.82) is 0 Å². The summed E-state index contributed by atoms with van der Waals surface area (Å²) in [5.41, 5.74) is 6.59. The average Bonchev–Trinajstić information content (AvgIpc) is 2.88. The highest BCUT2D eigenvalue weighted by Crippen LogP contribution is 2.21. The lowest BCUT2D eigenvalue weighted by molar-refractivity contribution is 0.290. The van der Waals surface area contributed by atoms with E-state index in [1.807, 2.05) is 6.07 Å². The lowest BCUT2D eigenvalue weighted by Gasteiger charge is -2.13. The van der Waals surface area contributed by atoms with Crippen molar-refractivity contribution < 1.29 is 4.42 Å². The molecule has 0 aromatic carbocycles. The van der Waals surface area contributed by atoms with Crippen molar-refractivity contribution in [2.75, 3.05) is 7.05 Å². The van der Waals surface area contributed by atoms with Gasteiger partial charge in [-0.25, -0.2) is 0 Å². The molecule has 5 heteroatoms. The van der Waals surface area contributed by atoms with E-state index in [4.69, 9.17) is 10.2 Å². The van der Waals surface area contributed by atoms with Crippen LogP contribution in [0, 0.1) is 0 Å². The Morgan fingerprint density at radius 3 is 2.82 bits per heavy atom. The summed E-state index contributed by atoms with van der Waals surface area (Å²) in [5, 5.41) is 2.10. The van der Waals surface area contributed by atoms with Crippen molar-refractivity contribution in [1.82, 2.24) is 4.90 Å². The number of nitrogens with zero attached hydrogens (tertiary/aromatic N) is 1. The van der Waals surface area contributed by atoms with Gasteiger partial charge in [-0.05, 0) is 35.1 Å². The van der Waals surface area contributed by atoms with E-state index >= 15 is 0 Å². The lowest BCUT2D eigenvalue weighted by Crippen LogP contribution is -2.16. The third-order valence-corrected chi connectivity index (χ3v) is 4.10. The smallest absolute Gasteiger partial charge is 0.118 e. The molecule has 2 N–H and O–H groups in total. The molecule has 2 aromatic heterocycles. The van der Waals surface area contributed by atoms with E-state index in [-0.39, 0.29) is 0 Å². The van der Waals surface area contributed by atoms with Crippen LogP contribution in [0.5, 0.6) is 0 Å². The highest BCUT2D eigenvalue weighted by molar-refractivity contribution is 9.10. The van der Waals surface area contributed by atoms with Crippen LogP contribution in [0.25, 0.3) is 0 Å². The molecule has 92 valence electrons. The van der Waals surface area contributed by atoms with Crippen molar-refractivity contribution in [2.45, 2.75) is 19.6 Å². The first-order valence-electron chi connectivity index (χ1n) is 5.35. The van der Waals surface area contributed by atoms with Gasteiger partial charge in [0.2, 0.25) is 0 Å². The standard InChI is InChI=1S/C12H15BrN2OS/c1-15(6-12-3-10(13)8-17-12)5-11-2-9(4-14)7-16-11/h2-3,7-8H,4-6,14H2,1H3. The summed E-state index contributed by atoms with van der Waals surface area (Å²) in [5.74, 6) is 0.962. The van der Waals surface area contributed by atoms with Gasteiger partial charge in [-0.1, -0.05) is 0 Å². The van der Waals surface area contributed by atoms with E-state index in [2.05, 4.69) is 39.3 Å². The van der Waals surface area contributed by atoms with Gasteiger partial charge in [-0.2, -0.15) is 0 Å². The lowest BCUT2D eigenvalue weighted by atomic mass is 10.3. The second-order valence-electron chi connectivity index (χ2n) is 4.03. The van der Waals surface area contributed by atoms with Crippen LogP contribution in [0.2, 0.25) is 0 Å². The minimum absolute atomic E-state index is 0.533. The molecule has 2 aromatic rings. The Morgan fingerprint density at radius 2 is 2.24 bits per heavy atom. The number of nitrogens with two attached hydrogens (primary N) is 1. The molecule has 0 amide bonds. The molecule has 0 saturated heterocycles. The van der Waals surface area contributed by atoms with E-state index in [0.29, 0.717) is 6.54 Å². The van der Waals surface area contributed by atoms with Crippen molar-refractivity contribution in [2.24, 2.45) is 5.73 Å². The van der Waals surface area contributed by atoms with Crippen LogP contribution >= 0.6 is 27.3 Å². The van der Waals surface area contributed by atoms with E-state index in [1.165, 1.54) is 4.88 Å². The topological polar surface area (TPSA) is 42.4 Å². The fraction of sp³-hybridized carbons (Fsp3) is 0.333. The van der Waals surface area contributed by atoms with Gasteiger partial charge in [0.05, 0.1) is 12.8 Å². The molecule has 3 nitrogen and oxygen atoms in total. The first-order chi connectivity index (χ1) is 8.17. The zero-order chi connectivity index (χ0) is 12.3. The van der Waals surface area contributed by atoms with Crippen LogP contribution in [-0.4, -0.2) is 11.9 Å². The predicted molar refractivity (Wildman–Crippen MR) is 73.8 cm³/mol.